The Morgan fingerprint density at radius 3 is 2.47 bits per heavy atom. The Hall–Kier alpha value is -0.000000000000000333. The number of aliphatic hydroxyl groups is 1. The molecule has 1 aromatic heterocycles. The third-order valence-corrected chi connectivity index (χ3v) is 5.92. The number of halogens is 2. The molecule has 0 aliphatic carbocycles. The van der Waals surface area contributed by atoms with Gasteiger partial charge in [-0.25, -0.2) is 8.42 Å². The van der Waals surface area contributed by atoms with Gasteiger partial charge in [0.1, 0.15) is 10.9 Å². The van der Waals surface area contributed by atoms with Crippen LogP contribution in [0.15, 0.2) is 18.5 Å². The summed E-state index contributed by atoms with van der Waals surface area (Å²) in [6.07, 6.45) is 0. The SMILES string of the molecule is O=C(O)[C@H](CO)NS(=O)(=O)c1cc(Br)sc1Br. The zero-order valence-corrected chi connectivity index (χ0v) is 12.9. The average molecular weight is 409 g/mol. The second-order valence-corrected chi connectivity index (χ2v) is 8.31. The molecule has 0 fully saturated rings. The molecule has 17 heavy (non-hydrogen) atoms. The van der Waals surface area contributed by atoms with Gasteiger partial charge < -0.3 is 10.2 Å². The first-order chi connectivity index (χ1) is 7.77. The molecule has 0 aromatic carbocycles. The largest absolute Gasteiger partial charge is 0.480 e. The van der Waals surface area contributed by atoms with E-state index in [9.17, 15) is 13.2 Å². The smallest absolute Gasteiger partial charge is 0.324 e. The van der Waals surface area contributed by atoms with Crippen LogP contribution < -0.4 is 4.72 Å². The van der Waals surface area contributed by atoms with Crippen LogP contribution in [0.3, 0.4) is 0 Å². The van der Waals surface area contributed by atoms with Crippen molar-refractivity contribution in [3.63, 3.8) is 0 Å². The molecule has 0 aliphatic heterocycles. The van der Waals surface area contributed by atoms with Gasteiger partial charge in [0.25, 0.3) is 0 Å². The summed E-state index contributed by atoms with van der Waals surface area (Å²) in [5.74, 6) is -1.44. The van der Waals surface area contributed by atoms with E-state index in [2.05, 4.69) is 31.9 Å². The highest BCUT2D eigenvalue weighted by Gasteiger charge is 2.27. The first kappa shape index (κ1) is 15.1. The van der Waals surface area contributed by atoms with Crippen molar-refractivity contribution in [2.75, 3.05) is 6.61 Å². The highest BCUT2D eigenvalue weighted by molar-refractivity contribution is 9.12. The zero-order valence-electron chi connectivity index (χ0n) is 8.05. The number of hydrogen-bond donors (Lipinski definition) is 3. The van der Waals surface area contributed by atoms with Gasteiger partial charge in [-0.3, -0.25) is 4.79 Å². The van der Waals surface area contributed by atoms with Crippen LogP contribution in [0.5, 0.6) is 0 Å². The number of thiophene rings is 1. The molecule has 0 amide bonds. The molecular weight excluding hydrogens is 402 g/mol. The predicted molar refractivity (Wildman–Crippen MR) is 68.6 cm³/mol. The van der Waals surface area contributed by atoms with Gasteiger partial charge in [-0.05, 0) is 37.9 Å². The molecule has 1 atom stereocenters. The fourth-order valence-corrected chi connectivity index (χ4v) is 5.92. The summed E-state index contributed by atoms with van der Waals surface area (Å²) >= 11 is 7.32. The van der Waals surface area contributed by atoms with E-state index in [1.807, 2.05) is 4.72 Å². The lowest BCUT2D eigenvalue weighted by Gasteiger charge is -2.11. The molecule has 0 unspecified atom stereocenters. The van der Waals surface area contributed by atoms with Crippen LogP contribution in [0.1, 0.15) is 0 Å². The molecule has 1 aromatic rings. The van der Waals surface area contributed by atoms with Crippen LogP contribution in [-0.2, 0) is 14.8 Å². The summed E-state index contributed by atoms with van der Waals surface area (Å²) in [7, 11) is -3.98. The lowest BCUT2D eigenvalue weighted by atomic mass is 10.3. The van der Waals surface area contributed by atoms with Gasteiger partial charge in [0.2, 0.25) is 10.0 Å². The second-order valence-electron chi connectivity index (χ2n) is 2.88. The zero-order chi connectivity index (χ0) is 13.2. The van der Waals surface area contributed by atoms with Crippen LogP contribution in [0.2, 0.25) is 0 Å². The first-order valence-corrected chi connectivity index (χ1v) is 7.97. The number of rotatable bonds is 5. The monoisotopic (exact) mass is 407 g/mol. The maximum absolute atomic E-state index is 11.8. The standard InChI is InChI=1S/C7H7Br2NO5S2/c8-5-1-4(6(9)16-5)17(14,15)10-3(2-11)7(12)13/h1,3,10-11H,2H2,(H,12,13)/t3-/m0/s1. The van der Waals surface area contributed by atoms with Crippen molar-refractivity contribution in [1.29, 1.82) is 0 Å². The van der Waals surface area contributed by atoms with Crippen LogP contribution in [0.4, 0.5) is 0 Å². The van der Waals surface area contributed by atoms with Crippen molar-refractivity contribution < 1.29 is 23.4 Å². The van der Waals surface area contributed by atoms with E-state index in [0.29, 0.717) is 7.57 Å². The molecule has 96 valence electrons. The van der Waals surface area contributed by atoms with Gasteiger partial charge in [0, 0.05) is 0 Å². The Morgan fingerprint density at radius 2 is 2.12 bits per heavy atom. The molecule has 1 rings (SSSR count). The van der Waals surface area contributed by atoms with Gasteiger partial charge in [-0.1, -0.05) is 0 Å². The molecule has 0 saturated heterocycles. The Morgan fingerprint density at radius 1 is 1.53 bits per heavy atom. The lowest BCUT2D eigenvalue weighted by molar-refractivity contribution is -0.139. The van der Waals surface area contributed by atoms with Crippen LogP contribution >= 0.6 is 43.2 Å². The quantitative estimate of drug-likeness (QED) is 0.674. The number of nitrogens with one attached hydrogen (secondary N) is 1. The molecular formula is C7H7Br2NO5S2. The fraction of sp³-hybridized carbons (Fsp3) is 0.286. The lowest BCUT2D eigenvalue weighted by Crippen LogP contribution is -2.43. The minimum absolute atomic E-state index is 0.0749. The van der Waals surface area contributed by atoms with Crippen molar-refractivity contribution in [1.82, 2.24) is 4.72 Å². The number of carbonyl (C=O) groups is 1. The summed E-state index contributed by atoms with van der Waals surface area (Å²) in [6.45, 7) is -0.822. The highest BCUT2D eigenvalue weighted by atomic mass is 79.9. The van der Waals surface area contributed by atoms with E-state index in [0.717, 1.165) is 11.3 Å². The van der Waals surface area contributed by atoms with Crippen molar-refractivity contribution in [3.05, 3.63) is 13.6 Å². The number of carboxylic acids is 1. The van der Waals surface area contributed by atoms with E-state index in [1.54, 1.807) is 0 Å². The Kier molecular flexibility index (Phi) is 5.10. The third-order valence-electron chi connectivity index (χ3n) is 1.69. The van der Waals surface area contributed by atoms with Crippen molar-refractivity contribution in [3.8, 4) is 0 Å². The number of aliphatic carboxylic acids is 1. The minimum atomic E-state index is -3.98. The normalized spacial score (nSPS) is 13.6. The van der Waals surface area contributed by atoms with E-state index < -0.39 is 28.6 Å². The van der Waals surface area contributed by atoms with E-state index in [4.69, 9.17) is 10.2 Å². The fourth-order valence-electron chi connectivity index (χ4n) is 0.925. The molecule has 0 aliphatic rings. The number of aliphatic hydroxyl groups excluding tert-OH is 1. The molecule has 6 nitrogen and oxygen atoms in total. The summed E-state index contributed by atoms with van der Waals surface area (Å²) in [6, 6.07) is -0.224. The maximum atomic E-state index is 11.8. The Balaban J connectivity index is 3.04. The van der Waals surface area contributed by atoms with E-state index in [1.165, 1.54) is 6.07 Å². The minimum Gasteiger partial charge on any atom is -0.480 e. The van der Waals surface area contributed by atoms with Crippen molar-refractivity contribution >= 4 is 59.2 Å². The van der Waals surface area contributed by atoms with Gasteiger partial charge in [0.15, 0.2) is 0 Å². The van der Waals surface area contributed by atoms with Crippen LogP contribution in [0.25, 0.3) is 0 Å². The summed E-state index contributed by atoms with van der Waals surface area (Å²) in [4.78, 5) is 10.5. The Bertz CT molecular complexity index is 526. The topological polar surface area (TPSA) is 104 Å². The van der Waals surface area contributed by atoms with Crippen molar-refractivity contribution in [2.24, 2.45) is 0 Å². The Labute approximate surface area is 118 Å². The van der Waals surface area contributed by atoms with E-state index >= 15 is 0 Å². The molecule has 10 heteroatoms. The highest BCUT2D eigenvalue weighted by Crippen LogP contribution is 2.34. The molecule has 0 spiro atoms. The number of hydrogen-bond acceptors (Lipinski definition) is 5. The predicted octanol–water partition coefficient (Wildman–Crippen LogP) is 0.997. The summed E-state index contributed by atoms with van der Waals surface area (Å²) in [5, 5.41) is 17.4. The maximum Gasteiger partial charge on any atom is 0.324 e. The molecule has 0 saturated carbocycles. The third kappa shape index (κ3) is 3.73. The van der Waals surface area contributed by atoms with Crippen LogP contribution in [-0.4, -0.2) is 37.2 Å². The number of carboxylic acid groups (broad SMARTS) is 1. The van der Waals surface area contributed by atoms with Gasteiger partial charge in [-0.2, -0.15) is 4.72 Å². The average Bonchev–Trinajstić information content (AvgIpc) is 2.54. The van der Waals surface area contributed by atoms with Crippen molar-refractivity contribution in [2.45, 2.75) is 10.9 Å². The molecule has 1 heterocycles. The van der Waals surface area contributed by atoms with Gasteiger partial charge in [-0.15, -0.1) is 11.3 Å². The molecule has 3 N–H and O–H groups in total. The van der Waals surface area contributed by atoms with Gasteiger partial charge in [0.05, 0.1) is 14.2 Å². The number of sulfonamides is 1. The molecule has 0 bridgehead atoms. The van der Waals surface area contributed by atoms with E-state index in [-0.39, 0.29) is 4.90 Å². The first-order valence-electron chi connectivity index (χ1n) is 4.08. The van der Waals surface area contributed by atoms with Gasteiger partial charge >= 0.3 is 5.97 Å². The summed E-state index contributed by atoms with van der Waals surface area (Å²) < 4.78 is 26.4. The second kappa shape index (κ2) is 5.76. The summed E-state index contributed by atoms with van der Waals surface area (Å²) in [5.41, 5.74) is 0. The molecule has 0 radical (unpaired) electrons. The van der Waals surface area contributed by atoms with Crippen LogP contribution in [0, 0.1) is 0 Å².